The van der Waals surface area contributed by atoms with Crippen molar-refractivity contribution < 1.29 is 9.53 Å². The lowest BCUT2D eigenvalue weighted by atomic mass is 9.87. The molecule has 1 amide bonds. The van der Waals surface area contributed by atoms with Crippen LogP contribution in [0.4, 0.5) is 10.5 Å². The number of nitrogens with one attached hydrogen (secondary N) is 1. The molecular weight excluding hydrogens is 288 g/mol. The van der Waals surface area contributed by atoms with E-state index in [9.17, 15) is 4.79 Å². The molecule has 2 aromatic rings. The molecule has 0 heterocycles. The van der Waals surface area contributed by atoms with Crippen LogP contribution in [0.25, 0.3) is 0 Å². The first-order valence-corrected chi connectivity index (χ1v) is 7.70. The fourth-order valence-corrected chi connectivity index (χ4v) is 2.20. The molecule has 0 aromatic heterocycles. The highest BCUT2D eigenvalue weighted by atomic mass is 16.6. The minimum absolute atomic E-state index is 0.0739. The molecule has 1 unspecified atom stereocenters. The minimum atomic E-state index is -0.474. The van der Waals surface area contributed by atoms with Crippen molar-refractivity contribution in [3.63, 3.8) is 0 Å². The Morgan fingerprint density at radius 3 is 2.13 bits per heavy atom. The number of rotatable bonds is 3. The van der Waals surface area contributed by atoms with Gasteiger partial charge in [-0.05, 0) is 47.7 Å². The van der Waals surface area contributed by atoms with E-state index in [1.807, 2.05) is 55.5 Å². The van der Waals surface area contributed by atoms with E-state index < -0.39 is 6.09 Å². The van der Waals surface area contributed by atoms with Crippen molar-refractivity contribution >= 4 is 11.8 Å². The van der Waals surface area contributed by atoms with Crippen LogP contribution in [0.1, 0.15) is 44.9 Å². The molecule has 2 aromatic carbocycles. The molecule has 0 bridgehead atoms. The molecule has 0 fully saturated rings. The first-order valence-electron chi connectivity index (χ1n) is 7.70. The standard InChI is InChI=1S/C19H24N2O2/c1-13(14-5-9-16(20)10-6-14)21-18(22)23-17-11-7-15(8-12-17)19(2,3)4/h5-13H,20H2,1-4H3,(H,21,22). The van der Waals surface area contributed by atoms with Gasteiger partial charge in [-0.1, -0.05) is 45.0 Å². The summed E-state index contributed by atoms with van der Waals surface area (Å²) < 4.78 is 5.32. The van der Waals surface area contributed by atoms with Crippen LogP contribution in [0, 0.1) is 0 Å². The van der Waals surface area contributed by atoms with E-state index in [1.165, 1.54) is 5.56 Å². The molecule has 3 N–H and O–H groups in total. The van der Waals surface area contributed by atoms with Gasteiger partial charge in [0.2, 0.25) is 0 Å². The predicted molar refractivity (Wildman–Crippen MR) is 93.6 cm³/mol. The second-order valence-electron chi connectivity index (χ2n) is 6.70. The zero-order valence-electron chi connectivity index (χ0n) is 14.1. The first kappa shape index (κ1) is 16.9. The first-order chi connectivity index (χ1) is 10.8. The molecule has 4 heteroatoms. The highest BCUT2D eigenvalue weighted by Crippen LogP contribution is 2.24. The van der Waals surface area contributed by atoms with Crippen molar-refractivity contribution in [3.05, 3.63) is 59.7 Å². The summed E-state index contributed by atoms with van der Waals surface area (Å²) in [5, 5.41) is 2.81. The number of hydrogen-bond acceptors (Lipinski definition) is 3. The highest BCUT2D eigenvalue weighted by molar-refractivity contribution is 5.71. The van der Waals surface area contributed by atoms with Gasteiger partial charge in [0, 0.05) is 5.69 Å². The quantitative estimate of drug-likeness (QED) is 0.825. The summed E-state index contributed by atoms with van der Waals surface area (Å²) in [6, 6.07) is 14.8. The third kappa shape index (κ3) is 4.74. The Morgan fingerprint density at radius 1 is 1.04 bits per heavy atom. The van der Waals surface area contributed by atoms with Crippen molar-refractivity contribution in [2.75, 3.05) is 5.73 Å². The third-order valence-corrected chi connectivity index (χ3v) is 3.70. The van der Waals surface area contributed by atoms with E-state index in [-0.39, 0.29) is 11.5 Å². The molecule has 1 atom stereocenters. The third-order valence-electron chi connectivity index (χ3n) is 3.70. The summed E-state index contributed by atoms with van der Waals surface area (Å²) in [5.74, 6) is 0.528. The number of amides is 1. The van der Waals surface area contributed by atoms with Gasteiger partial charge in [0.1, 0.15) is 5.75 Å². The fourth-order valence-electron chi connectivity index (χ4n) is 2.20. The summed E-state index contributed by atoms with van der Waals surface area (Å²) in [5.41, 5.74) is 8.60. The Balaban J connectivity index is 1.95. The van der Waals surface area contributed by atoms with Crippen molar-refractivity contribution in [1.82, 2.24) is 5.32 Å². The summed E-state index contributed by atoms with van der Waals surface area (Å²) >= 11 is 0. The molecule has 0 radical (unpaired) electrons. The summed E-state index contributed by atoms with van der Waals surface area (Å²) in [6.07, 6.45) is -0.474. The molecule has 23 heavy (non-hydrogen) atoms. The van der Waals surface area contributed by atoms with Crippen molar-refractivity contribution in [2.24, 2.45) is 0 Å². The number of hydrogen-bond donors (Lipinski definition) is 2. The van der Waals surface area contributed by atoms with Crippen LogP contribution in [0.3, 0.4) is 0 Å². The maximum absolute atomic E-state index is 12.0. The van der Waals surface area contributed by atoms with Gasteiger partial charge in [-0.3, -0.25) is 0 Å². The molecule has 0 saturated heterocycles. The van der Waals surface area contributed by atoms with E-state index in [0.29, 0.717) is 11.4 Å². The monoisotopic (exact) mass is 312 g/mol. The largest absolute Gasteiger partial charge is 0.413 e. The normalized spacial score (nSPS) is 12.5. The molecular formula is C19H24N2O2. The van der Waals surface area contributed by atoms with E-state index in [4.69, 9.17) is 10.5 Å². The van der Waals surface area contributed by atoms with Crippen molar-refractivity contribution in [3.8, 4) is 5.75 Å². The maximum Gasteiger partial charge on any atom is 0.413 e. The van der Waals surface area contributed by atoms with Crippen molar-refractivity contribution in [2.45, 2.75) is 39.2 Å². The van der Waals surface area contributed by atoms with Gasteiger partial charge >= 0.3 is 6.09 Å². The number of ether oxygens (including phenoxy) is 1. The average Bonchev–Trinajstić information content (AvgIpc) is 2.47. The van der Waals surface area contributed by atoms with Crippen LogP contribution in [0.15, 0.2) is 48.5 Å². The lowest BCUT2D eigenvalue weighted by molar-refractivity contribution is 0.197. The van der Waals surface area contributed by atoms with Gasteiger partial charge in [0.25, 0.3) is 0 Å². The zero-order chi connectivity index (χ0) is 17.0. The van der Waals surface area contributed by atoms with Crippen LogP contribution in [-0.4, -0.2) is 6.09 Å². The number of carbonyl (C=O) groups is 1. The Bertz CT molecular complexity index is 655. The van der Waals surface area contributed by atoms with Gasteiger partial charge in [0.05, 0.1) is 6.04 Å². The Hall–Kier alpha value is -2.49. The SMILES string of the molecule is CC(NC(=O)Oc1ccc(C(C)(C)C)cc1)c1ccc(N)cc1. The average molecular weight is 312 g/mol. The van der Waals surface area contributed by atoms with Crippen molar-refractivity contribution in [1.29, 1.82) is 0 Å². The Morgan fingerprint density at radius 2 is 1.61 bits per heavy atom. The summed E-state index contributed by atoms with van der Waals surface area (Å²) in [4.78, 5) is 12.0. The number of nitrogen functional groups attached to an aromatic ring is 1. The van der Waals surface area contributed by atoms with Crippen LogP contribution in [-0.2, 0) is 5.41 Å². The van der Waals surface area contributed by atoms with E-state index >= 15 is 0 Å². The number of carbonyl (C=O) groups excluding carboxylic acids is 1. The van der Waals surface area contributed by atoms with Crippen LogP contribution in [0.5, 0.6) is 5.75 Å². The molecule has 4 nitrogen and oxygen atoms in total. The number of benzene rings is 2. The Labute approximate surface area is 137 Å². The molecule has 0 aliphatic carbocycles. The molecule has 122 valence electrons. The smallest absolute Gasteiger partial charge is 0.410 e. The molecule has 0 aliphatic heterocycles. The van der Waals surface area contributed by atoms with Gasteiger partial charge in [-0.2, -0.15) is 0 Å². The van der Waals surface area contributed by atoms with E-state index in [2.05, 4.69) is 26.1 Å². The molecule has 0 aliphatic rings. The summed E-state index contributed by atoms with van der Waals surface area (Å²) in [6.45, 7) is 8.33. The topological polar surface area (TPSA) is 64.3 Å². The van der Waals surface area contributed by atoms with Gasteiger partial charge < -0.3 is 15.8 Å². The zero-order valence-corrected chi connectivity index (χ0v) is 14.1. The van der Waals surface area contributed by atoms with Crippen LogP contribution < -0.4 is 15.8 Å². The molecule has 2 rings (SSSR count). The van der Waals surface area contributed by atoms with Gasteiger partial charge in [-0.25, -0.2) is 4.79 Å². The Kier molecular flexibility index (Phi) is 4.94. The second-order valence-corrected chi connectivity index (χ2v) is 6.70. The maximum atomic E-state index is 12.0. The lowest BCUT2D eigenvalue weighted by Gasteiger charge is -2.19. The fraction of sp³-hybridized carbons (Fsp3) is 0.316. The molecule has 0 saturated carbocycles. The second kappa shape index (κ2) is 6.73. The van der Waals surface area contributed by atoms with Crippen LogP contribution >= 0.6 is 0 Å². The molecule has 0 spiro atoms. The van der Waals surface area contributed by atoms with Gasteiger partial charge in [-0.15, -0.1) is 0 Å². The van der Waals surface area contributed by atoms with Gasteiger partial charge in [0.15, 0.2) is 0 Å². The number of anilines is 1. The van der Waals surface area contributed by atoms with Crippen LogP contribution in [0.2, 0.25) is 0 Å². The minimum Gasteiger partial charge on any atom is -0.410 e. The predicted octanol–water partition coefficient (Wildman–Crippen LogP) is 4.42. The number of nitrogens with two attached hydrogens (primary N) is 1. The van der Waals surface area contributed by atoms with E-state index in [1.54, 1.807) is 0 Å². The highest BCUT2D eigenvalue weighted by Gasteiger charge is 2.14. The lowest BCUT2D eigenvalue weighted by Crippen LogP contribution is -2.29. The van der Waals surface area contributed by atoms with E-state index in [0.717, 1.165) is 5.56 Å². The summed E-state index contributed by atoms with van der Waals surface area (Å²) in [7, 11) is 0.